The summed E-state index contributed by atoms with van der Waals surface area (Å²) >= 11 is 1.70. The zero-order valence-electron chi connectivity index (χ0n) is 11.2. The van der Waals surface area contributed by atoms with Crippen molar-refractivity contribution in [2.24, 2.45) is 0 Å². The maximum Gasteiger partial charge on any atom is 0.267 e. The highest BCUT2D eigenvalue weighted by Gasteiger charge is 2.53. The molecule has 0 radical (unpaired) electrons. The van der Waals surface area contributed by atoms with Gasteiger partial charge in [-0.1, -0.05) is 12.8 Å². The molecule has 106 valence electrons. The van der Waals surface area contributed by atoms with Crippen LogP contribution in [0.25, 0.3) is 0 Å². The number of carbonyl (C=O) groups is 2. The van der Waals surface area contributed by atoms with Gasteiger partial charge in [0.05, 0.1) is 11.0 Å². The fourth-order valence-electron chi connectivity index (χ4n) is 3.23. The van der Waals surface area contributed by atoms with Crippen molar-refractivity contribution in [2.75, 3.05) is 5.75 Å². The van der Waals surface area contributed by atoms with Crippen molar-refractivity contribution in [2.45, 2.75) is 62.5 Å². The van der Waals surface area contributed by atoms with E-state index in [1.165, 1.54) is 12.8 Å². The van der Waals surface area contributed by atoms with E-state index in [1.807, 2.05) is 6.92 Å². The van der Waals surface area contributed by atoms with Gasteiger partial charge in [-0.3, -0.25) is 14.4 Å². The third-order valence-corrected chi connectivity index (χ3v) is 5.88. The highest BCUT2D eigenvalue weighted by molar-refractivity contribution is 8.01. The van der Waals surface area contributed by atoms with Gasteiger partial charge in [0, 0.05) is 12.2 Å². The van der Waals surface area contributed by atoms with Crippen molar-refractivity contribution in [3.8, 4) is 0 Å². The van der Waals surface area contributed by atoms with E-state index in [2.05, 4.69) is 5.48 Å². The smallest absolute Gasteiger partial charge is 0.267 e. The highest BCUT2D eigenvalue weighted by Crippen LogP contribution is 2.47. The Balaban J connectivity index is 1.59. The summed E-state index contributed by atoms with van der Waals surface area (Å²) < 4.78 is 0. The third-order valence-electron chi connectivity index (χ3n) is 4.38. The molecule has 0 aromatic carbocycles. The van der Waals surface area contributed by atoms with Gasteiger partial charge in [0.1, 0.15) is 6.04 Å². The molecule has 3 fully saturated rings. The van der Waals surface area contributed by atoms with Crippen molar-refractivity contribution in [3.05, 3.63) is 0 Å². The number of hydroxylamine groups is 1. The van der Waals surface area contributed by atoms with Gasteiger partial charge in [-0.25, -0.2) is 5.48 Å². The first-order valence-corrected chi connectivity index (χ1v) is 8.00. The number of rotatable bonds is 3. The molecule has 3 aliphatic rings. The second-order valence-corrected chi connectivity index (χ2v) is 7.26. The molecule has 0 bridgehead atoms. The number of fused-ring (bicyclic) bond motifs is 1. The van der Waals surface area contributed by atoms with E-state index >= 15 is 0 Å². The summed E-state index contributed by atoms with van der Waals surface area (Å²) in [5, 5.41) is 0. The SMILES string of the molecule is CC12CCC(=O)N1C(C(=O)NOC1CCCC1)CS2. The van der Waals surface area contributed by atoms with Crippen LogP contribution in [0.4, 0.5) is 0 Å². The molecular formula is C13H20N2O3S. The summed E-state index contributed by atoms with van der Waals surface area (Å²) in [4.78, 5) is 31.1. The third kappa shape index (κ3) is 2.36. The van der Waals surface area contributed by atoms with Crippen molar-refractivity contribution >= 4 is 23.6 Å². The molecule has 2 amide bonds. The lowest BCUT2D eigenvalue weighted by atomic mass is 10.2. The predicted molar refractivity (Wildman–Crippen MR) is 72.2 cm³/mol. The van der Waals surface area contributed by atoms with E-state index in [0.29, 0.717) is 12.2 Å². The van der Waals surface area contributed by atoms with Crippen LogP contribution in [0.15, 0.2) is 0 Å². The van der Waals surface area contributed by atoms with Crippen LogP contribution >= 0.6 is 11.8 Å². The summed E-state index contributed by atoms with van der Waals surface area (Å²) in [6.45, 7) is 2.05. The average molecular weight is 284 g/mol. The molecule has 0 aromatic rings. The van der Waals surface area contributed by atoms with Gasteiger partial charge in [0.15, 0.2) is 0 Å². The molecule has 1 N–H and O–H groups in total. The maximum atomic E-state index is 12.2. The molecule has 6 heteroatoms. The second-order valence-electron chi connectivity index (χ2n) is 5.76. The summed E-state index contributed by atoms with van der Waals surface area (Å²) in [6, 6.07) is -0.369. The second kappa shape index (κ2) is 4.98. The number of nitrogens with zero attached hydrogens (tertiary/aromatic N) is 1. The lowest BCUT2D eigenvalue weighted by Crippen LogP contribution is -2.50. The number of thioether (sulfide) groups is 1. The van der Waals surface area contributed by atoms with Crippen molar-refractivity contribution < 1.29 is 14.4 Å². The molecule has 5 nitrogen and oxygen atoms in total. The predicted octanol–water partition coefficient (Wildman–Crippen LogP) is 1.43. The number of amides is 2. The molecule has 1 aliphatic carbocycles. The highest BCUT2D eigenvalue weighted by atomic mass is 32.2. The van der Waals surface area contributed by atoms with Crippen LogP contribution in [0, 0.1) is 0 Å². The van der Waals surface area contributed by atoms with E-state index in [-0.39, 0.29) is 28.8 Å². The van der Waals surface area contributed by atoms with E-state index in [4.69, 9.17) is 4.84 Å². The summed E-state index contributed by atoms with van der Waals surface area (Å²) in [5.41, 5.74) is 2.57. The first-order chi connectivity index (χ1) is 9.10. The van der Waals surface area contributed by atoms with Crippen LogP contribution < -0.4 is 5.48 Å². The normalized spacial score (nSPS) is 34.9. The standard InChI is InChI=1S/C13H20N2O3S/c1-13-7-6-11(16)15(13)10(8-19-13)12(17)14-18-9-4-2-3-5-9/h9-10H,2-8H2,1H3,(H,14,17). The lowest BCUT2D eigenvalue weighted by molar-refractivity contribution is -0.148. The van der Waals surface area contributed by atoms with Gasteiger partial charge in [0.2, 0.25) is 5.91 Å². The monoisotopic (exact) mass is 284 g/mol. The molecule has 2 unspecified atom stereocenters. The van der Waals surface area contributed by atoms with Gasteiger partial charge in [-0.2, -0.15) is 0 Å². The van der Waals surface area contributed by atoms with Crippen LogP contribution in [-0.4, -0.2) is 39.5 Å². The summed E-state index contributed by atoms with van der Waals surface area (Å²) in [5.74, 6) is 0.592. The van der Waals surface area contributed by atoms with Gasteiger partial charge in [-0.05, 0) is 26.2 Å². The first kappa shape index (κ1) is 13.2. The summed E-state index contributed by atoms with van der Waals surface area (Å²) in [7, 11) is 0. The lowest BCUT2D eigenvalue weighted by Gasteiger charge is -2.29. The molecule has 1 saturated carbocycles. The van der Waals surface area contributed by atoms with E-state index in [0.717, 1.165) is 19.3 Å². The Morgan fingerprint density at radius 3 is 2.95 bits per heavy atom. The Hall–Kier alpha value is -0.750. The van der Waals surface area contributed by atoms with Crippen molar-refractivity contribution in [1.82, 2.24) is 10.4 Å². The zero-order valence-corrected chi connectivity index (χ0v) is 12.0. The fraction of sp³-hybridized carbons (Fsp3) is 0.846. The minimum atomic E-state index is -0.369. The first-order valence-electron chi connectivity index (χ1n) is 7.02. The van der Waals surface area contributed by atoms with Gasteiger partial charge in [-0.15, -0.1) is 11.8 Å². The Morgan fingerprint density at radius 1 is 1.47 bits per heavy atom. The Morgan fingerprint density at radius 2 is 2.21 bits per heavy atom. The average Bonchev–Trinajstić information content (AvgIpc) is 3.06. The van der Waals surface area contributed by atoms with E-state index in [9.17, 15) is 9.59 Å². The Labute approximate surface area is 117 Å². The van der Waals surface area contributed by atoms with Gasteiger partial charge < -0.3 is 4.90 Å². The van der Waals surface area contributed by atoms with Crippen LogP contribution in [0.3, 0.4) is 0 Å². The molecule has 2 atom stereocenters. The molecule has 2 aliphatic heterocycles. The number of nitrogens with one attached hydrogen (secondary N) is 1. The number of hydrogen-bond donors (Lipinski definition) is 1. The molecule has 2 heterocycles. The van der Waals surface area contributed by atoms with Gasteiger partial charge >= 0.3 is 0 Å². The van der Waals surface area contributed by atoms with E-state index < -0.39 is 0 Å². The number of carbonyl (C=O) groups excluding carboxylic acids is 2. The van der Waals surface area contributed by atoms with Crippen LogP contribution in [-0.2, 0) is 14.4 Å². The molecule has 0 spiro atoms. The Kier molecular flexibility index (Phi) is 3.47. The fourth-order valence-corrected chi connectivity index (χ4v) is 4.66. The molecular weight excluding hydrogens is 264 g/mol. The molecule has 19 heavy (non-hydrogen) atoms. The topological polar surface area (TPSA) is 58.6 Å². The molecule has 3 rings (SSSR count). The zero-order chi connectivity index (χ0) is 13.5. The van der Waals surface area contributed by atoms with Crippen molar-refractivity contribution in [1.29, 1.82) is 0 Å². The minimum absolute atomic E-state index is 0.0912. The quantitative estimate of drug-likeness (QED) is 0.797. The molecule has 0 aromatic heterocycles. The van der Waals surface area contributed by atoms with Crippen LogP contribution in [0.5, 0.6) is 0 Å². The van der Waals surface area contributed by atoms with Crippen LogP contribution in [0.1, 0.15) is 45.4 Å². The maximum absolute atomic E-state index is 12.2. The van der Waals surface area contributed by atoms with E-state index in [1.54, 1.807) is 16.7 Å². The molecule has 2 saturated heterocycles. The minimum Gasteiger partial charge on any atom is -0.315 e. The van der Waals surface area contributed by atoms with Crippen molar-refractivity contribution in [3.63, 3.8) is 0 Å². The number of hydrogen-bond acceptors (Lipinski definition) is 4. The van der Waals surface area contributed by atoms with Crippen LogP contribution in [0.2, 0.25) is 0 Å². The summed E-state index contributed by atoms with van der Waals surface area (Å²) in [6.07, 6.45) is 5.91. The van der Waals surface area contributed by atoms with Gasteiger partial charge in [0.25, 0.3) is 5.91 Å². The Bertz CT molecular complexity index is 397. The largest absolute Gasteiger partial charge is 0.315 e.